The molecule has 0 N–H and O–H groups in total. The lowest BCUT2D eigenvalue weighted by atomic mass is 10.2. The summed E-state index contributed by atoms with van der Waals surface area (Å²) in [5, 5.41) is 0.933. The zero-order chi connectivity index (χ0) is 11.7. The number of ether oxygens (including phenoxy) is 1. The van der Waals surface area contributed by atoms with Gasteiger partial charge in [0, 0.05) is 24.2 Å². The van der Waals surface area contributed by atoms with Crippen LogP contribution in [0.4, 0.5) is 4.39 Å². The lowest BCUT2D eigenvalue weighted by Gasteiger charge is -2.05. The molecule has 0 saturated heterocycles. The standard InChI is InChI=1S/C13H16FNO/c1-9(2)16-8-10-7-15(3)13-11(10)5-4-6-12(13)14/h4-7,9H,8H2,1-3H3. The molecule has 0 amide bonds. The van der Waals surface area contributed by atoms with Gasteiger partial charge in [-0.2, -0.15) is 0 Å². The second-order valence-electron chi connectivity index (χ2n) is 4.26. The van der Waals surface area contributed by atoms with Crippen molar-refractivity contribution in [3.63, 3.8) is 0 Å². The predicted octanol–water partition coefficient (Wildman–Crippen LogP) is 3.24. The van der Waals surface area contributed by atoms with Crippen molar-refractivity contribution < 1.29 is 9.13 Å². The first-order valence-electron chi connectivity index (χ1n) is 5.43. The number of fused-ring (bicyclic) bond motifs is 1. The number of hydrogen-bond acceptors (Lipinski definition) is 1. The van der Waals surface area contributed by atoms with Gasteiger partial charge in [-0.1, -0.05) is 12.1 Å². The lowest BCUT2D eigenvalue weighted by Crippen LogP contribution is -2.01. The van der Waals surface area contributed by atoms with Crippen molar-refractivity contribution in [1.29, 1.82) is 0 Å². The van der Waals surface area contributed by atoms with Crippen molar-refractivity contribution in [2.75, 3.05) is 0 Å². The predicted molar refractivity (Wildman–Crippen MR) is 62.8 cm³/mol. The summed E-state index contributed by atoms with van der Waals surface area (Å²) in [6, 6.07) is 5.14. The van der Waals surface area contributed by atoms with Crippen molar-refractivity contribution in [3.8, 4) is 0 Å². The lowest BCUT2D eigenvalue weighted by molar-refractivity contribution is 0.0663. The minimum atomic E-state index is -0.184. The minimum Gasteiger partial charge on any atom is -0.374 e. The van der Waals surface area contributed by atoms with Gasteiger partial charge in [0.1, 0.15) is 5.82 Å². The van der Waals surface area contributed by atoms with E-state index >= 15 is 0 Å². The number of aryl methyl sites for hydroxylation is 1. The maximum Gasteiger partial charge on any atom is 0.147 e. The van der Waals surface area contributed by atoms with Gasteiger partial charge in [0.2, 0.25) is 0 Å². The molecule has 3 heteroatoms. The number of aromatic nitrogens is 1. The SMILES string of the molecule is CC(C)OCc1cn(C)c2c(F)cccc12. The minimum absolute atomic E-state index is 0.184. The third-order valence-corrected chi connectivity index (χ3v) is 2.61. The van der Waals surface area contributed by atoms with Crippen LogP contribution in [-0.2, 0) is 18.4 Å². The Bertz CT molecular complexity index is 502. The first kappa shape index (κ1) is 11.1. The van der Waals surface area contributed by atoms with E-state index in [-0.39, 0.29) is 11.9 Å². The zero-order valence-corrected chi connectivity index (χ0v) is 9.83. The highest BCUT2D eigenvalue weighted by Gasteiger charge is 2.10. The van der Waals surface area contributed by atoms with Crippen LogP contribution < -0.4 is 0 Å². The van der Waals surface area contributed by atoms with Crippen molar-refractivity contribution in [1.82, 2.24) is 4.57 Å². The Balaban J connectivity index is 2.43. The average Bonchev–Trinajstić information content (AvgIpc) is 2.54. The first-order chi connectivity index (χ1) is 7.59. The zero-order valence-electron chi connectivity index (χ0n) is 9.83. The Kier molecular flexibility index (Phi) is 2.97. The molecule has 1 aromatic heterocycles. The highest BCUT2D eigenvalue weighted by molar-refractivity contribution is 5.84. The molecule has 0 radical (unpaired) electrons. The quantitative estimate of drug-likeness (QED) is 0.776. The number of hydrogen-bond donors (Lipinski definition) is 0. The molecule has 0 fully saturated rings. The number of halogens is 1. The summed E-state index contributed by atoms with van der Waals surface area (Å²) in [7, 11) is 1.85. The fourth-order valence-electron chi connectivity index (χ4n) is 1.87. The van der Waals surface area contributed by atoms with Crippen LogP contribution in [0.1, 0.15) is 19.4 Å². The van der Waals surface area contributed by atoms with Crippen LogP contribution in [-0.4, -0.2) is 10.7 Å². The molecule has 2 aromatic rings. The molecule has 0 aliphatic carbocycles. The number of para-hydroxylation sites is 1. The van der Waals surface area contributed by atoms with E-state index in [1.807, 2.05) is 37.7 Å². The Hall–Kier alpha value is -1.35. The number of rotatable bonds is 3. The molecule has 0 aliphatic rings. The fourth-order valence-corrected chi connectivity index (χ4v) is 1.87. The van der Waals surface area contributed by atoms with Gasteiger partial charge in [-0.15, -0.1) is 0 Å². The molecule has 2 rings (SSSR count). The van der Waals surface area contributed by atoms with Crippen LogP contribution in [0.25, 0.3) is 10.9 Å². The van der Waals surface area contributed by atoms with E-state index in [1.165, 1.54) is 6.07 Å². The number of benzene rings is 1. The smallest absolute Gasteiger partial charge is 0.147 e. The van der Waals surface area contributed by atoms with Crippen LogP contribution >= 0.6 is 0 Å². The van der Waals surface area contributed by atoms with Crippen molar-refractivity contribution in [2.24, 2.45) is 7.05 Å². The Labute approximate surface area is 94.6 Å². The molecule has 1 heterocycles. The maximum atomic E-state index is 13.6. The van der Waals surface area contributed by atoms with Crippen LogP contribution in [0.3, 0.4) is 0 Å². The van der Waals surface area contributed by atoms with Crippen LogP contribution in [0.15, 0.2) is 24.4 Å². The van der Waals surface area contributed by atoms with E-state index in [1.54, 1.807) is 6.07 Å². The molecule has 0 spiro atoms. The van der Waals surface area contributed by atoms with Gasteiger partial charge in [-0.25, -0.2) is 4.39 Å². The van der Waals surface area contributed by atoms with E-state index in [0.29, 0.717) is 12.1 Å². The summed E-state index contributed by atoms with van der Waals surface area (Å²) in [5.41, 5.74) is 1.68. The van der Waals surface area contributed by atoms with Gasteiger partial charge in [-0.3, -0.25) is 0 Å². The molecular weight excluding hydrogens is 205 g/mol. The normalized spacial score (nSPS) is 11.6. The second kappa shape index (κ2) is 4.26. The first-order valence-corrected chi connectivity index (χ1v) is 5.43. The second-order valence-corrected chi connectivity index (χ2v) is 4.26. The Morgan fingerprint density at radius 1 is 1.38 bits per heavy atom. The summed E-state index contributed by atoms with van der Waals surface area (Å²) in [4.78, 5) is 0. The Morgan fingerprint density at radius 3 is 2.81 bits per heavy atom. The summed E-state index contributed by atoms with van der Waals surface area (Å²) >= 11 is 0. The summed E-state index contributed by atoms with van der Waals surface area (Å²) in [5.74, 6) is -0.184. The molecule has 0 bridgehead atoms. The number of nitrogens with zero attached hydrogens (tertiary/aromatic N) is 1. The van der Waals surface area contributed by atoms with Gasteiger partial charge < -0.3 is 9.30 Å². The fraction of sp³-hybridized carbons (Fsp3) is 0.385. The third kappa shape index (κ3) is 1.95. The average molecular weight is 221 g/mol. The summed E-state index contributed by atoms with van der Waals surface area (Å²) in [6.45, 7) is 4.51. The molecule has 0 saturated carbocycles. The summed E-state index contributed by atoms with van der Waals surface area (Å²) in [6.07, 6.45) is 2.11. The van der Waals surface area contributed by atoms with E-state index < -0.39 is 0 Å². The van der Waals surface area contributed by atoms with Gasteiger partial charge in [0.05, 0.1) is 18.2 Å². The van der Waals surface area contributed by atoms with Crippen molar-refractivity contribution in [3.05, 3.63) is 35.8 Å². The van der Waals surface area contributed by atoms with Crippen LogP contribution in [0, 0.1) is 5.82 Å². The van der Waals surface area contributed by atoms with E-state index in [2.05, 4.69) is 0 Å². The molecule has 0 unspecified atom stereocenters. The molecule has 2 nitrogen and oxygen atoms in total. The third-order valence-electron chi connectivity index (χ3n) is 2.61. The van der Waals surface area contributed by atoms with Crippen molar-refractivity contribution in [2.45, 2.75) is 26.6 Å². The monoisotopic (exact) mass is 221 g/mol. The molecule has 86 valence electrons. The highest BCUT2D eigenvalue weighted by Crippen LogP contribution is 2.23. The maximum absolute atomic E-state index is 13.6. The van der Waals surface area contributed by atoms with Crippen LogP contribution in [0.5, 0.6) is 0 Å². The van der Waals surface area contributed by atoms with Crippen LogP contribution in [0.2, 0.25) is 0 Å². The summed E-state index contributed by atoms with van der Waals surface area (Å²) < 4.78 is 21.0. The van der Waals surface area contributed by atoms with E-state index in [4.69, 9.17) is 4.74 Å². The largest absolute Gasteiger partial charge is 0.374 e. The van der Waals surface area contributed by atoms with Gasteiger partial charge >= 0.3 is 0 Å². The van der Waals surface area contributed by atoms with Crippen molar-refractivity contribution >= 4 is 10.9 Å². The molecule has 0 atom stereocenters. The molecule has 0 aliphatic heterocycles. The highest BCUT2D eigenvalue weighted by atomic mass is 19.1. The topological polar surface area (TPSA) is 14.2 Å². The van der Waals surface area contributed by atoms with E-state index in [0.717, 1.165) is 10.9 Å². The molecule has 1 aromatic carbocycles. The van der Waals surface area contributed by atoms with Gasteiger partial charge in [-0.05, 0) is 19.9 Å². The Morgan fingerprint density at radius 2 is 2.12 bits per heavy atom. The van der Waals surface area contributed by atoms with E-state index in [9.17, 15) is 4.39 Å². The van der Waals surface area contributed by atoms with Gasteiger partial charge in [0.25, 0.3) is 0 Å². The molecular formula is C13H16FNO. The van der Waals surface area contributed by atoms with Gasteiger partial charge in [0.15, 0.2) is 0 Å². The molecule has 16 heavy (non-hydrogen) atoms.